The number of hydrogen-bond acceptors (Lipinski definition) is 8. The fourth-order valence-corrected chi connectivity index (χ4v) is 3.48. The summed E-state index contributed by atoms with van der Waals surface area (Å²) in [5, 5.41) is 22.7. The first kappa shape index (κ1) is 21.4. The van der Waals surface area contributed by atoms with E-state index in [4.69, 9.17) is 10.5 Å². The number of anilines is 2. The fraction of sp³-hybridized carbons (Fsp3) is 0.364. The number of piperazine rings is 1. The second-order valence-electron chi connectivity index (χ2n) is 8.61. The van der Waals surface area contributed by atoms with Gasteiger partial charge in [0, 0.05) is 31.7 Å². The number of nitrogen functional groups attached to an aromatic ring is 1. The molecule has 0 aliphatic carbocycles. The van der Waals surface area contributed by atoms with Crippen molar-refractivity contribution in [2.45, 2.75) is 26.4 Å². The monoisotopic (exact) mass is 437 g/mol. The number of para-hydroxylation sites is 1. The Morgan fingerprint density at radius 2 is 1.84 bits per heavy atom. The largest absolute Gasteiger partial charge is 0.507 e. The van der Waals surface area contributed by atoms with Crippen molar-refractivity contribution >= 4 is 17.6 Å². The SMILES string of the molecule is CC(C)(C)OC(=O)N1CCN(c2cnn(-c3cc(-c4ccccc4O)nnc3N)c2)CC1. The first-order valence-corrected chi connectivity index (χ1v) is 10.4. The van der Waals surface area contributed by atoms with Crippen LogP contribution in [-0.4, -0.2) is 67.9 Å². The highest BCUT2D eigenvalue weighted by Gasteiger charge is 2.26. The maximum absolute atomic E-state index is 12.3. The Labute approximate surface area is 186 Å². The van der Waals surface area contributed by atoms with Gasteiger partial charge in [0.15, 0.2) is 5.82 Å². The molecule has 1 saturated heterocycles. The van der Waals surface area contributed by atoms with Gasteiger partial charge in [0.1, 0.15) is 17.0 Å². The summed E-state index contributed by atoms with van der Waals surface area (Å²) in [7, 11) is 0. The molecule has 3 N–H and O–H groups in total. The third-order valence-corrected chi connectivity index (χ3v) is 5.09. The van der Waals surface area contributed by atoms with Crippen LogP contribution in [0.4, 0.5) is 16.3 Å². The van der Waals surface area contributed by atoms with Crippen LogP contribution >= 0.6 is 0 Å². The maximum Gasteiger partial charge on any atom is 0.410 e. The van der Waals surface area contributed by atoms with E-state index in [9.17, 15) is 9.90 Å². The van der Waals surface area contributed by atoms with Gasteiger partial charge in [-0.1, -0.05) is 12.1 Å². The van der Waals surface area contributed by atoms with Crippen molar-refractivity contribution in [1.82, 2.24) is 24.9 Å². The molecule has 0 atom stereocenters. The summed E-state index contributed by atoms with van der Waals surface area (Å²) in [6, 6.07) is 8.66. The number of ether oxygens (including phenoxy) is 1. The standard InChI is InChI=1S/C22H27N7O3/c1-22(2,3)32-21(31)28-10-8-27(9-11-28)15-13-24-29(14-15)18-12-17(25-26-20(18)23)16-6-4-5-7-19(16)30/h4-7,12-14,30H,8-11H2,1-3H3,(H2,23,26). The van der Waals surface area contributed by atoms with Crippen LogP contribution in [0, 0.1) is 0 Å². The Balaban J connectivity index is 1.49. The minimum Gasteiger partial charge on any atom is -0.507 e. The van der Waals surface area contributed by atoms with Crippen LogP contribution in [-0.2, 0) is 4.74 Å². The highest BCUT2D eigenvalue weighted by atomic mass is 16.6. The first-order chi connectivity index (χ1) is 15.2. The van der Waals surface area contributed by atoms with E-state index < -0.39 is 5.60 Å². The molecule has 0 radical (unpaired) electrons. The molecule has 3 heterocycles. The number of phenolic OH excluding ortho intramolecular Hbond substituents is 1. The Morgan fingerprint density at radius 3 is 2.53 bits per heavy atom. The molecular formula is C22H27N7O3. The summed E-state index contributed by atoms with van der Waals surface area (Å²) in [5.41, 5.74) is 8.08. The van der Waals surface area contributed by atoms with Crippen LogP contribution in [0.5, 0.6) is 5.75 Å². The van der Waals surface area contributed by atoms with E-state index in [1.165, 1.54) is 0 Å². The smallest absolute Gasteiger partial charge is 0.410 e. The highest BCUT2D eigenvalue weighted by Crippen LogP contribution is 2.29. The van der Waals surface area contributed by atoms with E-state index in [-0.39, 0.29) is 17.7 Å². The number of nitrogens with zero attached hydrogens (tertiary/aromatic N) is 6. The Bertz CT molecular complexity index is 1110. The van der Waals surface area contributed by atoms with Crippen LogP contribution in [0.3, 0.4) is 0 Å². The maximum atomic E-state index is 12.3. The normalized spacial score (nSPS) is 14.5. The summed E-state index contributed by atoms with van der Waals surface area (Å²) in [6.07, 6.45) is 3.33. The van der Waals surface area contributed by atoms with Crippen LogP contribution < -0.4 is 10.6 Å². The van der Waals surface area contributed by atoms with Gasteiger partial charge < -0.3 is 25.4 Å². The predicted molar refractivity (Wildman–Crippen MR) is 121 cm³/mol. The zero-order valence-electron chi connectivity index (χ0n) is 18.4. The molecule has 32 heavy (non-hydrogen) atoms. The molecule has 0 bridgehead atoms. The van der Waals surface area contributed by atoms with Crippen LogP contribution in [0.2, 0.25) is 0 Å². The number of aromatic nitrogens is 4. The van der Waals surface area contributed by atoms with Gasteiger partial charge in [-0.25, -0.2) is 9.48 Å². The number of carbonyl (C=O) groups is 1. The summed E-state index contributed by atoms with van der Waals surface area (Å²) >= 11 is 0. The molecule has 10 nitrogen and oxygen atoms in total. The topological polar surface area (TPSA) is 123 Å². The lowest BCUT2D eigenvalue weighted by Gasteiger charge is -2.36. The Kier molecular flexibility index (Phi) is 5.60. The van der Waals surface area contributed by atoms with Crippen LogP contribution in [0.25, 0.3) is 16.9 Å². The number of phenols is 1. The van der Waals surface area contributed by atoms with Gasteiger partial charge in [0.25, 0.3) is 0 Å². The molecule has 1 fully saturated rings. The van der Waals surface area contributed by atoms with Crippen LogP contribution in [0.1, 0.15) is 20.8 Å². The average molecular weight is 438 g/mol. The van der Waals surface area contributed by atoms with Crippen molar-refractivity contribution in [2.24, 2.45) is 0 Å². The van der Waals surface area contributed by atoms with Gasteiger partial charge in [0.05, 0.1) is 23.8 Å². The first-order valence-electron chi connectivity index (χ1n) is 10.4. The number of nitrogens with two attached hydrogens (primary N) is 1. The molecule has 1 amide bonds. The Morgan fingerprint density at radius 1 is 1.12 bits per heavy atom. The lowest BCUT2D eigenvalue weighted by atomic mass is 10.1. The minimum absolute atomic E-state index is 0.113. The van der Waals surface area contributed by atoms with Crippen LogP contribution in [0.15, 0.2) is 42.7 Å². The van der Waals surface area contributed by atoms with E-state index in [2.05, 4.69) is 20.2 Å². The van der Waals surface area contributed by atoms with E-state index in [1.54, 1.807) is 40.0 Å². The lowest BCUT2D eigenvalue weighted by Crippen LogP contribution is -2.50. The molecule has 0 spiro atoms. The molecule has 3 aromatic rings. The predicted octanol–water partition coefficient (Wildman–Crippen LogP) is 2.67. The number of amides is 1. The minimum atomic E-state index is -0.511. The van der Waals surface area contributed by atoms with Crippen molar-refractivity contribution in [3.8, 4) is 22.7 Å². The third kappa shape index (κ3) is 4.58. The second kappa shape index (κ2) is 8.37. The molecular weight excluding hydrogens is 410 g/mol. The third-order valence-electron chi connectivity index (χ3n) is 5.09. The summed E-state index contributed by atoms with van der Waals surface area (Å²) < 4.78 is 7.10. The second-order valence-corrected chi connectivity index (χ2v) is 8.61. The molecule has 168 valence electrons. The highest BCUT2D eigenvalue weighted by molar-refractivity contribution is 5.70. The van der Waals surface area contributed by atoms with Gasteiger partial charge in [0.2, 0.25) is 0 Å². The zero-order chi connectivity index (χ0) is 22.9. The number of benzene rings is 1. The van der Waals surface area contributed by atoms with E-state index >= 15 is 0 Å². The summed E-state index contributed by atoms with van der Waals surface area (Å²) in [5.74, 6) is 0.343. The van der Waals surface area contributed by atoms with Gasteiger partial charge >= 0.3 is 6.09 Å². The van der Waals surface area contributed by atoms with Gasteiger partial charge in [-0.3, -0.25) is 0 Å². The van der Waals surface area contributed by atoms with Crippen molar-refractivity contribution < 1.29 is 14.6 Å². The van der Waals surface area contributed by atoms with E-state index in [0.29, 0.717) is 43.1 Å². The Hall–Kier alpha value is -3.82. The number of hydrogen-bond donors (Lipinski definition) is 2. The summed E-state index contributed by atoms with van der Waals surface area (Å²) in [6.45, 7) is 8.04. The van der Waals surface area contributed by atoms with Crippen molar-refractivity contribution in [1.29, 1.82) is 0 Å². The molecule has 1 aliphatic rings. The quantitative estimate of drug-likeness (QED) is 0.641. The van der Waals surface area contributed by atoms with Gasteiger partial charge in [-0.15, -0.1) is 10.2 Å². The molecule has 0 unspecified atom stereocenters. The molecule has 1 aromatic carbocycles. The number of aromatic hydroxyl groups is 1. The number of carbonyl (C=O) groups excluding carboxylic acids is 1. The molecule has 10 heteroatoms. The number of rotatable bonds is 3. The molecule has 0 saturated carbocycles. The van der Waals surface area contributed by atoms with Gasteiger partial charge in [-0.2, -0.15) is 5.10 Å². The van der Waals surface area contributed by atoms with E-state index in [0.717, 1.165) is 5.69 Å². The average Bonchev–Trinajstić information content (AvgIpc) is 3.23. The molecule has 2 aromatic heterocycles. The lowest BCUT2D eigenvalue weighted by molar-refractivity contribution is 0.0240. The van der Waals surface area contributed by atoms with Crippen molar-refractivity contribution in [3.63, 3.8) is 0 Å². The fourth-order valence-electron chi connectivity index (χ4n) is 3.48. The van der Waals surface area contributed by atoms with Crippen molar-refractivity contribution in [2.75, 3.05) is 36.8 Å². The molecule has 1 aliphatic heterocycles. The van der Waals surface area contributed by atoms with Crippen molar-refractivity contribution in [3.05, 3.63) is 42.7 Å². The van der Waals surface area contributed by atoms with Gasteiger partial charge in [-0.05, 0) is 39.0 Å². The zero-order valence-corrected chi connectivity index (χ0v) is 18.4. The summed E-state index contributed by atoms with van der Waals surface area (Å²) in [4.78, 5) is 16.2. The molecule has 4 rings (SSSR count). The van der Waals surface area contributed by atoms with E-state index in [1.807, 2.05) is 33.0 Å².